The molecule has 0 aromatic carbocycles. The summed E-state index contributed by atoms with van der Waals surface area (Å²) >= 11 is 1.85. The summed E-state index contributed by atoms with van der Waals surface area (Å²) < 4.78 is 0. The van der Waals surface area contributed by atoms with Crippen LogP contribution in [0.2, 0.25) is 0 Å². The van der Waals surface area contributed by atoms with Gasteiger partial charge in [0.25, 0.3) is 0 Å². The van der Waals surface area contributed by atoms with Crippen molar-refractivity contribution in [2.24, 2.45) is 5.92 Å². The van der Waals surface area contributed by atoms with Gasteiger partial charge in [0, 0.05) is 17.5 Å². The van der Waals surface area contributed by atoms with Gasteiger partial charge in [-0.1, -0.05) is 0 Å². The van der Waals surface area contributed by atoms with E-state index in [1.54, 1.807) is 0 Å². The number of hydrogen-bond acceptors (Lipinski definition) is 3. The minimum Gasteiger partial charge on any atom is -0.355 e. The molecule has 1 heterocycles. The predicted octanol–water partition coefficient (Wildman–Crippen LogP) is 2.24. The Morgan fingerprint density at radius 1 is 1.39 bits per heavy atom. The molecule has 2 aliphatic carbocycles. The summed E-state index contributed by atoms with van der Waals surface area (Å²) in [6.45, 7) is 1.32. The van der Waals surface area contributed by atoms with Crippen LogP contribution in [0.25, 0.3) is 0 Å². The number of thiophene rings is 1. The van der Waals surface area contributed by atoms with Crippen LogP contribution in [-0.4, -0.2) is 19.0 Å². The van der Waals surface area contributed by atoms with Crippen LogP contribution in [0, 0.1) is 5.92 Å². The van der Waals surface area contributed by atoms with Gasteiger partial charge in [-0.2, -0.15) is 0 Å². The molecule has 1 aromatic heterocycles. The summed E-state index contributed by atoms with van der Waals surface area (Å²) in [7, 11) is 0. The van der Waals surface area contributed by atoms with Gasteiger partial charge in [0.1, 0.15) is 0 Å². The van der Waals surface area contributed by atoms with Crippen LogP contribution in [0.1, 0.15) is 42.2 Å². The number of hydrogen-bond donors (Lipinski definition) is 2. The summed E-state index contributed by atoms with van der Waals surface area (Å²) in [4.78, 5) is 13.2. The fourth-order valence-electron chi connectivity index (χ4n) is 2.56. The lowest BCUT2D eigenvalue weighted by atomic mass is 9.94. The molecule has 98 valence electrons. The Kier molecular flexibility index (Phi) is 3.66. The van der Waals surface area contributed by atoms with Gasteiger partial charge < -0.3 is 10.6 Å². The van der Waals surface area contributed by atoms with Crippen molar-refractivity contribution in [3.63, 3.8) is 0 Å². The van der Waals surface area contributed by atoms with E-state index in [4.69, 9.17) is 0 Å². The standard InChI is InChI=1S/C14H20N2OS/c17-14(16-8-10-4-5-10)9-15-12-2-1-3-13-11(12)6-7-18-13/h6-7,10,12,15H,1-5,8-9H2,(H,16,17). The number of nitrogens with one attached hydrogen (secondary N) is 2. The molecule has 2 N–H and O–H groups in total. The maximum Gasteiger partial charge on any atom is 0.233 e. The number of fused-ring (bicyclic) bond motifs is 1. The maximum atomic E-state index is 11.7. The quantitative estimate of drug-likeness (QED) is 0.856. The van der Waals surface area contributed by atoms with Crippen LogP contribution in [0.3, 0.4) is 0 Å². The number of amides is 1. The number of carbonyl (C=O) groups excluding carboxylic acids is 1. The normalized spacial score (nSPS) is 22.6. The number of rotatable bonds is 5. The summed E-state index contributed by atoms with van der Waals surface area (Å²) in [6.07, 6.45) is 6.16. The van der Waals surface area contributed by atoms with Gasteiger partial charge in [-0.25, -0.2) is 0 Å². The van der Waals surface area contributed by atoms with Crippen molar-refractivity contribution >= 4 is 17.2 Å². The van der Waals surface area contributed by atoms with Gasteiger partial charge in [-0.05, 0) is 55.0 Å². The van der Waals surface area contributed by atoms with E-state index < -0.39 is 0 Å². The van der Waals surface area contributed by atoms with Crippen molar-refractivity contribution in [1.29, 1.82) is 0 Å². The van der Waals surface area contributed by atoms with Gasteiger partial charge in [0.05, 0.1) is 6.54 Å². The summed E-state index contributed by atoms with van der Waals surface area (Å²) in [5, 5.41) is 8.57. The Bertz CT molecular complexity index is 425. The second kappa shape index (κ2) is 5.41. The van der Waals surface area contributed by atoms with Crippen molar-refractivity contribution in [1.82, 2.24) is 10.6 Å². The Hall–Kier alpha value is -0.870. The van der Waals surface area contributed by atoms with E-state index in [-0.39, 0.29) is 5.91 Å². The summed E-state index contributed by atoms with van der Waals surface area (Å²) in [5.41, 5.74) is 1.42. The molecule has 0 aliphatic heterocycles. The topological polar surface area (TPSA) is 41.1 Å². The Morgan fingerprint density at radius 2 is 2.28 bits per heavy atom. The van der Waals surface area contributed by atoms with Crippen LogP contribution >= 0.6 is 11.3 Å². The minimum absolute atomic E-state index is 0.143. The van der Waals surface area contributed by atoms with Gasteiger partial charge in [0.15, 0.2) is 0 Å². The first-order valence-corrected chi connectivity index (χ1v) is 7.77. The molecule has 1 atom stereocenters. The molecular weight excluding hydrogens is 244 g/mol. The minimum atomic E-state index is 0.143. The Balaban J connectivity index is 1.47. The highest BCUT2D eigenvalue weighted by Gasteiger charge is 2.23. The van der Waals surface area contributed by atoms with Gasteiger partial charge in [-0.15, -0.1) is 11.3 Å². The molecule has 1 saturated carbocycles. The molecule has 0 radical (unpaired) electrons. The lowest BCUT2D eigenvalue weighted by Gasteiger charge is -2.23. The van der Waals surface area contributed by atoms with E-state index in [1.165, 1.54) is 36.1 Å². The van der Waals surface area contributed by atoms with Crippen molar-refractivity contribution < 1.29 is 4.79 Å². The number of carbonyl (C=O) groups is 1. The molecule has 3 rings (SSSR count). The monoisotopic (exact) mass is 264 g/mol. The average Bonchev–Trinajstić information content (AvgIpc) is 3.09. The molecule has 0 spiro atoms. The molecule has 0 bridgehead atoms. The van der Waals surface area contributed by atoms with E-state index in [1.807, 2.05) is 11.3 Å². The maximum absolute atomic E-state index is 11.7. The van der Waals surface area contributed by atoms with E-state index in [0.29, 0.717) is 12.6 Å². The largest absolute Gasteiger partial charge is 0.355 e. The molecule has 4 heteroatoms. The third kappa shape index (κ3) is 2.93. The van der Waals surface area contributed by atoms with Crippen LogP contribution in [-0.2, 0) is 11.2 Å². The zero-order chi connectivity index (χ0) is 12.4. The molecular formula is C14H20N2OS. The van der Waals surface area contributed by atoms with E-state index in [2.05, 4.69) is 22.1 Å². The first-order valence-electron chi connectivity index (χ1n) is 6.89. The summed E-state index contributed by atoms with van der Waals surface area (Å²) in [5.74, 6) is 0.899. The lowest BCUT2D eigenvalue weighted by molar-refractivity contribution is -0.120. The number of aryl methyl sites for hydroxylation is 1. The van der Waals surface area contributed by atoms with E-state index >= 15 is 0 Å². The van der Waals surface area contributed by atoms with E-state index in [0.717, 1.165) is 18.9 Å². The van der Waals surface area contributed by atoms with Crippen molar-refractivity contribution in [3.8, 4) is 0 Å². The van der Waals surface area contributed by atoms with Crippen LogP contribution < -0.4 is 10.6 Å². The van der Waals surface area contributed by atoms with E-state index in [9.17, 15) is 4.79 Å². The lowest BCUT2D eigenvalue weighted by Crippen LogP contribution is -2.37. The van der Waals surface area contributed by atoms with Crippen molar-refractivity contribution in [3.05, 3.63) is 21.9 Å². The van der Waals surface area contributed by atoms with Gasteiger partial charge >= 0.3 is 0 Å². The molecule has 1 amide bonds. The molecule has 3 nitrogen and oxygen atoms in total. The highest BCUT2D eigenvalue weighted by molar-refractivity contribution is 7.10. The third-order valence-corrected chi connectivity index (χ3v) is 4.84. The first-order chi connectivity index (χ1) is 8.83. The smallest absolute Gasteiger partial charge is 0.233 e. The second-order valence-corrected chi connectivity index (χ2v) is 6.37. The highest BCUT2D eigenvalue weighted by Crippen LogP contribution is 2.33. The SMILES string of the molecule is O=C(CNC1CCCc2sccc21)NCC1CC1. The van der Waals surface area contributed by atoms with Crippen molar-refractivity contribution in [2.45, 2.75) is 38.1 Å². The average molecular weight is 264 g/mol. The predicted molar refractivity (Wildman–Crippen MR) is 73.7 cm³/mol. The zero-order valence-electron chi connectivity index (χ0n) is 10.6. The molecule has 18 heavy (non-hydrogen) atoms. The fourth-order valence-corrected chi connectivity index (χ4v) is 3.54. The van der Waals surface area contributed by atoms with Gasteiger partial charge in [-0.3, -0.25) is 4.79 Å². The van der Waals surface area contributed by atoms with Crippen LogP contribution in [0.15, 0.2) is 11.4 Å². The van der Waals surface area contributed by atoms with Gasteiger partial charge in [0.2, 0.25) is 5.91 Å². The third-order valence-electron chi connectivity index (χ3n) is 3.85. The molecule has 1 unspecified atom stereocenters. The first kappa shape index (κ1) is 12.2. The molecule has 1 fully saturated rings. The Morgan fingerprint density at radius 3 is 3.11 bits per heavy atom. The fraction of sp³-hybridized carbons (Fsp3) is 0.643. The van der Waals surface area contributed by atoms with Crippen LogP contribution in [0.5, 0.6) is 0 Å². The second-order valence-electron chi connectivity index (χ2n) is 5.37. The highest BCUT2D eigenvalue weighted by atomic mass is 32.1. The van der Waals surface area contributed by atoms with Crippen LogP contribution in [0.4, 0.5) is 0 Å². The summed E-state index contributed by atoms with van der Waals surface area (Å²) in [6, 6.07) is 2.59. The van der Waals surface area contributed by atoms with Crippen molar-refractivity contribution in [2.75, 3.05) is 13.1 Å². The zero-order valence-corrected chi connectivity index (χ0v) is 11.4. The molecule has 0 saturated heterocycles. The Labute approximate surface area is 112 Å². The molecule has 1 aromatic rings. The molecule has 2 aliphatic rings.